The van der Waals surface area contributed by atoms with Crippen molar-refractivity contribution in [3.05, 3.63) is 42.0 Å². The van der Waals surface area contributed by atoms with Crippen LogP contribution in [0.5, 0.6) is 0 Å². The van der Waals surface area contributed by atoms with Crippen molar-refractivity contribution in [1.82, 2.24) is 0 Å². The van der Waals surface area contributed by atoms with Crippen molar-refractivity contribution < 1.29 is 27.9 Å². The van der Waals surface area contributed by atoms with Gasteiger partial charge >= 0.3 is 12.1 Å². The van der Waals surface area contributed by atoms with Crippen LogP contribution in [0.25, 0.3) is 0 Å². The molecule has 0 aliphatic carbocycles. The molecule has 0 saturated heterocycles. The summed E-state index contributed by atoms with van der Waals surface area (Å²) in [5, 5.41) is 11.1. The lowest BCUT2D eigenvalue weighted by molar-refractivity contribution is -0.137. The van der Waals surface area contributed by atoms with E-state index in [1.54, 1.807) is 0 Å². The smallest absolute Gasteiger partial charge is 0.416 e. The number of halogens is 3. The lowest BCUT2D eigenvalue weighted by Crippen LogP contribution is -2.35. The molecule has 1 rings (SSSR count). The minimum atomic E-state index is -4.67. The molecular formula is C13H13F3N2O3. The van der Waals surface area contributed by atoms with Crippen LogP contribution in [0.15, 0.2) is 30.9 Å². The maximum absolute atomic E-state index is 12.5. The summed E-state index contributed by atoms with van der Waals surface area (Å²) in [4.78, 5) is 22.7. The monoisotopic (exact) mass is 302 g/mol. The molecule has 5 nitrogen and oxygen atoms in total. The van der Waals surface area contributed by atoms with Crippen molar-refractivity contribution in [2.45, 2.75) is 18.6 Å². The van der Waals surface area contributed by atoms with E-state index in [0.717, 1.165) is 6.07 Å². The number of alkyl halides is 3. The largest absolute Gasteiger partial charge is 0.478 e. The van der Waals surface area contributed by atoms with Gasteiger partial charge in [0, 0.05) is 0 Å². The van der Waals surface area contributed by atoms with Gasteiger partial charge in [0.05, 0.1) is 22.9 Å². The van der Waals surface area contributed by atoms with Gasteiger partial charge in [-0.2, -0.15) is 13.2 Å². The van der Waals surface area contributed by atoms with Crippen molar-refractivity contribution in [2.24, 2.45) is 5.73 Å². The summed E-state index contributed by atoms with van der Waals surface area (Å²) in [7, 11) is 0. The molecule has 8 heteroatoms. The van der Waals surface area contributed by atoms with Crippen molar-refractivity contribution >= 4 is 17.6 Å². The summed E-state index contributed by atoms with van der Waals surface area (Å²) in [5.41, 5.74) is 3.46. The van der Waals surface area contributed by atoms with E-state index in [-0.39, 0.29) is 12.1 Å². The van der Waals surface area contributed by atoms with Gasteiger partial charge in [-0.1, -0.05) is 6.08 Å². The van der Waals surface area contributed by atoms with Gasteiger partial charge in [-0.15, -0.1) is 6.58 Å². The van der Waals surface area contributed by atoms with Crippen LogP contribution in [0.3, 0.4) is 0 Å². The first-order valence-corrected chi connectivity index (χ1v) is 5.78. The number of carboxylic acid groups (broad SMARTS) is 1. The zero-order chi connectivity index (χ0) is 16.2. The molecule has 1 unspecified atom stereocenters. The molecule has 0 heterocycles. The highest BCUT2D eigenvalue weighted by Crippen LogP contribution is 2.31. The molecule has 21 heavy (non-hydrogen) atoms. The predicted molar refractivity (Wildman–Crippen MR) is 69.8 cm³/mol. The average Bonchev–Trinajstić information content (AvgIpc) is 2.37. The van der Waals surface area contributed by atoms with Crippen LogP contribution >= 0.6 is 0 Å². The maximum atomic E-state index is 12.5. The van der Waals surface area contributed by atoms with Crippen LogP contribution < -0.4 is 11.1 Å². The lowest BCUT2D eigenvalue weighted by atomic mass is 10.1. The molecule has 0 fully saturated rings. The number of carbonyl (C=O) groups excluding carboxylic acids is 1. The number of carbonyl (C=O) groups is 2. The van der Waals surface area contributed by atoms with Crippen LogP contribution in [0, 0.1) is 0 Å². The van der Waals surface area contributed by atoms with E-state index in [1.807, 2.05) is 0 Å². The fraction of sp³-hybridized carbons (Fsp3) is 0.231. The van der Waals surface area contributed by atoms with Gasteiger partial charge in [0.25, 0.3) is 0 Å². The summed E-state index contributed by atoms with van der Waals surface area (Å²) < 4.78 is 37.6. The standard InChI is InChI=1S/C13H13F3N2O3/c1-2-3-9(17)11(19)18-10-5-4-7(13(14,15)16)6-8(10)12(20)21/h2,4-6,9H,1,3,17H2,(H,18,19)(H,20,21). The Balaban J connectivity index is 3.10. The predicted octanol–water partition coefficient (Wildman–Crippen LogP) is 2.25. The van der Waals surface area contributed by atoms with Gasteiger partial charge in [0.15, 0.2) is 0 Å². The van der Waals surface area contributed by atoms with E-state index >= 15 is 0 Å². The molecule has 0 aliphatic rings. The fourth-order valence-electron chi connectivity index (χ4n) is 1.52. The summed E-state index contributed by atoms with van der Waals surface area (Å²) in [5.74, 6) is -2.30. The first-order chi connectivity index (χ1) is 9.66. The molecule has 1 amide bonds. The molecule has 0 bridgehead atoms. The van der Waals surface area contributed by atoms with E-state index in [0.29, 0.717) is 12.1 Å². The minimum absolute atomic E-state index is 0.148. The topological polar surface area (TPSA) is 92.4 Å². The average molecular weight is 302 g/mol. The van der Waals surface area contributed by atoms with Crippen LogP contribution in [0.4, 0.5) is 18.9 Å². The SMILES string of the molecule is C=CCC(N)C(=O)Nc1ccc(C(F)(F)F)cc1C(=O)O. The zero-order valence-electron chi connectivity index (χ0n) is 10.8. The number of nitrogens with two attached hydrogens (primary N) is 1. The summed E-state index contributed by atoms with van der Waals surface area (Å²) >= 11 is 0. The van der Waals surface area contributed by atoms with Gasteiger partial charge in [-0.3, -0.25) is 4.79 Å². The minimum Gasteiger partial charge on any atom is -0.478 e. The van der Waals surface area contributed by atoms with E-state index in [9.17, 15) is 22.8 Å². The molecule has 114 valence electrons. The number of hydrogen-bond donors (Lipinski definition) is 3. The zero-order valence-corrected chi connectivity index (χ0v) is 10.8. The molecule has 4 N–H and O–H groups in total. The molecular weight excluding hydrogens is 289 g/mol. The van der Waals surface area contributed by atoms with Gasteiger partial charge in [-0.25, -0.2) is 4.79 Å². The third-order valence-corrected chi connectivity index (χ3v) is 2.59. The van der Waals surface area contributed by atoms with E-state index in [1.165, 1.54) is 6.08 Å². The second-order valence-electron chi connectivity index (χ2n) is 4.18. The highest BCUT2D eigenvalue weighted by molar-refractivity contribution is 6.02. The Kier molecular flexibility index (Phi) is 5.09. The van der Waals surface area contributed by atoms with E-state index in [4.69, 9.17) is 10.8 Å². The first kappa shape index (κ1) is 16.7. The quantitative estimate of drug-likeness (QED) is 0.727. The maximum Gasteiger partial charge on any atom is 0.416 e. The van der Waals surface area contributed by atoms with Crippen LogP contribution in [-0.2, 0) is 11.0 Å². The highest BCUT2D eigenvalue weighted by Gasteiger charge is 2.32. The molecule has 0 radical (unpaired) electrons. The molecule has 1 atom stereocenters. The number of anilines is 1. The van der Waals surface area contributed by atoms with Crippen molar-refractivity contribution in [1.29, 1.82) is 0 Å². The third kappa shape index (κ3) is 4.32. The van der Waals surface area contributed by atoms with E-state index < -0.39 is 35.2 Å². The fourth-order valence-corrected chi connectivity index (χ4v) is 1.52. The number of benzene rings is 1. The molecule has 0 saturated carbocycles. The van der Waals surface area contributed by atoms with Crippen molar-refractivity contribution in [2.75, 3.05) is 5.32 Å². The van der Waals surface area contributed by atoms with Gasteiger partial charge < -0.3 is 16.2 Å². The Morgan fingerprint density at radius 2 is 2.05 bits per heavy atom. The van der Waals surface area contributed by atoms with Crippen molar-refractivity contribution in [3.8, 4) is 0 Å². The molecule has 0 aromatic heterocycles. The number of nitrogens with one attached hydrogen (secondary N) is 1. The molecule has 0 aliphatic heterocycles. The Morgan fingerprint density at radius 3 is 2.52 bits per heavy atom. The molecule has 1 aromatic carbocycles. The van der Waals surface area contributed by atoms with Gasteiger partial charge in [-0.05, 0) is 24.6 Å². The van der Waals surface area contributed by atoms with Crippen LogP contribution in [0.1, 0.15) is 22.3 Å². The second-order valence-corrected chi connectivity index (χ2v) is 4.18. The Morgan fingerprint density at radius 1 is 1.43 bits per heavy atom. The summed E-state index contributed by atoms with van der Waals surface area (Å²) in [6.07, 6.45) is -3.13. The second kappa shape index (κ2) is 6.40. The molecule has 1 aromatic rings. The van der Waals surface area contributed by atoms with Crippen LogP contribution in [0.2, 0.25) is 0 Å². The number of amides is 1. The molecule has 0 spiro atoms. The van der Waals surface area contributed by atoms with Crippen LogP contribution in [-0.4, -0.2) is 23.0 Å². The van der Waals surface area contributed by atoms with Crippen molar-refractivity contribution in [3.63, 3.8) is 0 Å². The third-order valence-electron chi connectivity index (χ3n) is 2.59. The number of rotatable bonds is 5. The first-order valence-electron chi connectivity index (χ1n) is 5.78. The Hall–Kier alpha value is -2.35. The lowest BCUT2D eigenvalue weighted by Gasteiger charge is -2.14. The normalized spacial score (nSPS) is 12.6. The number of carboxylic acids is 1. The van der Waals surface area contributed by atoms with Gasteiger partial charge in [0.1, 0.15) is 0 Å². The number of aromatic carboxylic acids is 1. The van der Waals surface area contributed by atoms with Gasteiger partial charge in [0.2, 0.25) is 5.91 Å². The summed E-state index contributed by atoms with van der Waals surface area (Å²) in [6.45, 7) is 3.40. The Labute approximate surface area is 118 Å². The highest BCUT2D eigenvalue weighted by atomic mass is 19.4. The van der Waals surface area contributed by atoms with E-state index in [2.05, 4.69) is 11.9 Å². The Bertz CT molecular complexity index is 570. The number of hydrogen-bond acceptors (Lipinski definition) is 3. The summed E-state index contributed by atoms with van der Waals surface area (Å²) in [6, 6.07) is 1.05.